The lowest BCUT2D eigenvalue weighted by molar-refractivity contribution is 0.436. The molecule has 1 aromatic heterocycles. The van der Waals surface area contributed by atoms with E-state index < -0.39 is 5.82 Å². The van der Waals surface area contributed by atoms with Crippen molar-refractivity contribution >= 4 is 17.4 Å². The summed E-state index contributed by atoms with van der Waals surface area (Å²) in [4.78, 5) is 0. The number of hydrogen-bond donors (Lipinski definition) is 1. The van der Waals surface area contributed by atoms with Crippen molar-refractivity contribution in [3.63, 3.8) is 0 Å². The van der Waals surface area contributed by atoms with Gasteiger partial charge in [0, 0.05) is 5.56 Å². The molecule has 5 heteroatoms. The van der Waals surface area contributed by atoms with Gasteiger partial charge in [0.2, 0.25) is 0 Å². The zero-order valence-corrected chi connectivity index (χ0v) is 12.0. The van der Waals surface area contributed by atoms with Crippen LogP contribution < -0.4 is 5.73 Å². The summed E-state index contributed by atoms with van der Waals surface area (Å²) in [5.41, 5.74) is 8.90. The minimum Gasteiger partial charge on any atom is -0.380 e. The Morgan fingerprint density at radius 1 is 1.14 bits per heavy atom. The van der Waals surface area contributed by atoms with Crippen molar-refractivity contribution in [1.29, 1.82) is 0 Å². The molecule has 0 amide bonds. The third-order valence-electron chi connectivity index (χ3n) is 3.25. The van der Waals surface area contributed by atoms with Crippen molar-refractivity contribution in [2.24, 2.45) is 0 Å². The molecule has 0 radical (unpaired) electrons. The van der Waals surface area contributed by atoms with Gasteiger partial charge in [-0.15, -0.1) is 0 Å². The first kappa shape index (κ1) is 13.6. The Balaban J connectivity index is 2.22. The molecule has 0 saturated heterocycles. The number of aromatic nitrogens is 1. The highest BCUT2D eigenvalue weighted by molar-refractivity contribution is 6.33. The number of aryl methyl sites for hydroxylation is 1. The fraction of sp³-hybridized carbons (Fsp3) is 0.0625. The number of anilines is 1. The number of hydrogen-bond acceptors (Lipinski definition) is 3. The van der Waals surface area contributed by atoms with Crippen LogP contribution in [0.1, 0.15) is 5.56 Å². The maximum absolute atomic E-state index is 13.6. The third kappa shape index (κ3) is 2.38. The van der Waals surface area contributed by atoms with Gasteiger partial charge >= 0.3 is 0 Å². The Morgan fingerprint density at radius 3 is 2.57 bits per heavy atom. The molecule has 0 spiro atoms. The average molecular weight is 303 g/mol. The SMILES string of the molecule is Cc1ccc(-c2c(N)noc2-c2cccc(F)c2Cl)cc1. The molecule has 0 saturated carbocycles. The Hall–Kier alpha value is -2.33. The zero-order chi connectivity index (χ0) is 15.0. The molecule has 0 atom stereocenters. The van der Waals surface area contributed by atoms with Gasteiger partial charge in [-0.3, -0.25) is 0 Å². The van der Waals surface area contributed by atoms with Crippen LogP contribution in [0.25, 0.3) is 22.5 Å². The molecule has 2 aromatic carbocycles. The minimum atomic E-state index is -0.515. The first-order chi connectivity index (χ1) is 10.1. The van der Waals surface area contributed by atoms with Gasteiger partial charge in [-0.25, -0.2) is 4.39 Å². The predicted molar refractivity (Wildman–Crippen MR) is 81.5 cm³/mol. The molecule has 0 aliphatic rings. The van der Waals surface area contributed by atoms with Gasteiger partial charge in [0.1, 0.15) is 5.82 Å². The van der Waals surface area contributed by atoms with Crippen LogP contribution >= 0.6 is 11.6 Å². The van der Waals surface area contributed by atoms with Gasteiger partial charge in [0.05, 0.1) is 10.6 Å². The van der Waals surface area contributed by atoms with Crippen molar-refractivity contribution in [3.8, 4) is 22.5 Å². The highest BCUT2D eigenvalue weighted by atomic mass is 35.5. The number of rotatable bonds is 2. The van der Waals surface area contributed by atoms with Gasteiger partial charge in [0.15, 0.2) is 11.6 Å². The fourth-order valence-electron chi connectivity index (χ4n) is 2.16. The van der Waals surface area contributed by atoms with Crippen molar-refractivity contribution < 1.29 is 8.91 Å². The molecule has 1 heterocycles. The minimum absolute atomic E-state index is 0.0120. The van der Waals surface area contributed by atoms with E-state index in [1.54, 1.807) is 12.1 Å². The van der Waals surface area contributed by atoms with Gasteiger partial charge in [-0.2, -0.15) is 0 Å². The second kappa shape index (κ2) is 5.22. The van der Waals surface area contributed by atoms with E-state index in [0.29, 0.717) is 16.9 Å². The second-order valence-corrected chi connectivity index (χ2v) is 5.12. The van der Waals surface area contributed by atoms with Crippen molar-refractivity contribution in [3.05, 3.63) is 58.9 Å². The molecule has 3 aromatic rings. The summed E-state index contributed by atoms with van der Waals surface area (Å²) in [5.74, 6) is 0.0917. The molecule has 2 N–H and O–H groups in total. The normalized spacial score (nSPS) is 10.8. The summed E-state index contributed by atoms with van der Waals surface area (Å²) in [5, 5.41) is 3.77. The van der Waals surface area contributed by atoms with E-state index in [4.69, 9.17) is 21.9 Å². The molecule has 0 aliphatic carbocycles. The van der Waals surface area contributed by atoms with Gasteiger partial charge in [-0.1, -0.05) is 52.7 Å². The summed E-state index contributed by atoms with van der Waals surface area (Å²) in [6.45, 7) is 1.99. The summed E-state index contributed by atoms with van der Waals surface area (Å²) in [6, 6.07) is 12.3. The van der Waals surface area contributed by atoms with E-state index in [0.717, 1.165) is 11.1 Å². The molecular formula is C16H12ClFN2O. The molecule has 106 valence electrons. The maximum atomic E-state index is 13.6. The standard InChI is InChI=1S/C16H12ClFN2O/c1-9-5-7-10(8-6-9)13-15(21-20-16(13)19)11-3-2-4-12(18)14(11)17/h2-8H,1H3,(H2,19,20). The first-order valence-corrected chi connectivity index (χ1v) is 6.72. The zero-order valence-electron chi connectivity index (χ0n) is 11.2. The van der Waals surface area contributed by atoms with E-state index >= 15 is 0 Å². The van der Waals surface area contributed by atoms with Gasteiger partial charge < -0.3 is 10.3 Å². The maximum Gasteiger partial charge on any atom is 0.178 e. The molecule has 3 nitrogen and oxygen atoms in total. The van der Waals surface area contributed by atoms with Crippen molar-refractivity contribution in [1.82, 2.24) is 5.16 Å². The topological polar surface area (TPSA) is 52.0 Å². The van der Waals surface area contributed by atoms with Crippen molar-refractivity contribution in [2.45, 2.75) is 6.92 Å². The predicted octanol–water partition coefficient (Wildman–Crippen LogP) is 4.69. The van der Waals surface area contributed by atoms with Crippen LogP contribution in [-0.2, 0) is 0 Å². The van der Waals surface area contributed by atoms with Crippen LogP contribution in [0.3, 0.4) is 0 Å². The largest absolute Gasteiger partial charge is 0.380 e. The quantitative estimate of drug-likeness (QED) is 0.747. The molecule has 21 heavy (non-hydrogen) atoms. The third-order valence-corrected chi connectivity index (χ3v) is 3.64. The monoisotopic (exact) mass is 302 g/mol. The molecule has 3 rings (SSSR count). The van der Waals surface area contributed by atoms with Crippen LogP contribution in [-0.4, -0.2) is 5.16 Å². The van der Waals surface area contributed by atoms with Crippen LogP contribution in [0.4, 0.5) is 10.2 Å². The molecule has 0 aliphatic heterocycles. The van der Waals surface area contributed by atoms with E-state index in [1.807, 2.05) is 31.2 Å². The van der Waals surface area contributed by atoms with E-state index in [2.05, 4.69) is 5.16 Å². The van der Waals surface area contributed by atoms with Gasteiger partial charge in [0.25, 0.3) is 0 Å². The second-order valence-electron chi connectivity index (χ2n) is 4.74. The summed E-state index contributed by atoms with van der Waals surface area (Å²) in [7, 11) is 0. The van der Waals surface area contributed by atoms with Gasteiger partial charge in [-0.05, 0) is 24.6 Å². The lowest BCUT2D eigenvalue weighted by Gasteiger charge is -2.05. The Morgan fingerprint density at radius 2 is 1.86 bits per heavy atom. The highest BCUT2D eigenvalue weighted by Gasteiger charge is 2.20. The number of halogens is 2. The first-order valence-electron chi connectivity index (χ1n) is 6.34. The molecule has 0 unspecified atom stereocenters. The summed E-state index contributed by atoms with van der Waals surface area (Å²) < 4.78 is 18.9. The summed E-state index contributed by atoms with van der Waals surface area (Å²) >= 11 is 6.02. The number of nitrogens with zero attached hydrogens (tertiary/aromatic N) is 1. The van der Waals surface area contributed by atoms with E-state index in [9.17, 15) is 4.39 Å². The van der Waals surface area contributed by atoms with Crippen LogP contribution in [0, 0.1) is 12.7 Å². The van der Waals surface area contributed by atoms with Crippen molar-refractivity contribution in [2.75, 3.05) is 5.73 Å². The smallest absolute Gasteiger partial charge is 0.178 e. The Kier molecular flexibility index (Phi) is 3.39. The van der Waals surface area contributed by atoms with Crippen LogP contribution in [0.5, 0.6) is 0 Å². The molecule has 0 bridgehead atoms. The summed E-state index contributed by atoms with van der Waals surface area (Å²) in [6.07, 6.45) is 0. The fourth-order valence-corrected chi connectivity index (χ4v) is 2.38. The molecule has 0 fully saturated rings. The number of benzene rings is 2. The van der Waals surface area contributed by atoms with E-state index in [1.165, 1.54) is 6.07 Å². The van der Waals surface area contributed by atoms with E-state index in [-0.39, 0.29) is 10.8 Å². The Bertz CT molecular complexity index is 797. The lowest BCUT2D eigenvalue weighted by Crippen LogP contribution is -1.90. The number of nitrogen functional groups attached to an aromatic ring is 1. The lowest BCUT2D eigenvalue weighted by atomic mass is 10.0. The Labute approximate surface area is 126 Å². The highest BCUT2D eigenvalue weighted by Crippen LogP contribution is 2.40. The average Bonchev–Trinajstić information content (AvgIpc) is 2.85. The van der Waals surface area contributed by atoms with Crippen LogP contribution in [0.2, 0.25) is 5.02 Å². The number of nitrogens with two attached hydrogens (primary N) is 1. The molecular weight excluding hydrogens is 291 g/mol. The van der Waals surface area contributed by atoms with Crippen LogP contribution in [0.15, 0.2) is 47.0 Å².